The van der Waals surface area contributed by atoms with Gasteiger partial charge in [0.15, 0.2) is 5.78 Å². The second kappa shape index (κ2) is 18.5. The van der Waals surface area contributed by atoms with Crippen LogP contribution in [0.5, 0.6) is 0 Å². The number of ether oxygens (including phenoxy) is 1. The molecule has 62 heavy (non-hydrogen) atoms. The second-order valence-electron chi connectivity index (χ2n) is 16.8. The second-order valence-corrected chi connectivity index (χ2v) is 16.8. The van der Waals surface area contributed by atoms with Gasteiger partial charge >= 0.3 is 6.18 Å². The molecule has 2 atom stereocenters. The average molecular weight is 856 g/mol. The summed E-state index contributed by atoms with van der Waals surface area (Å²) in [5.74, 6) is -2.34. The molecule has 8 rings (SSSR count). The fourth-order valence-corrected chi connectivity index (χ4v) is 9.45. The molecule has 0 bridgehead atoms. The van der Waals surface area contributed by atoms with E-state index < -0.39 is 35.4 Å². The Bertz CT molecular complexity index is 2350. The summed E-state index contributed by atoms with van der Waals surface area (Å²) in [6.45, 7) is 10.7. The number of Topliss-reactive ketones (excluding diaryl/α,β-unsaturated/α-hetero) is 1. The normalized spacial score (nSPS) is 22.5. The van der Waals surface area contributed by atoms with Gasteiger partial charge in [0.05, 0.1) is 41.6 Å². The van der Waals surface area contributed by atoms with Crippen molar-refractivity contribution in [2.24, 2.45) is 17.8 Å². The van der Waals surface area contributed by atoms with Crippen molar-refractivity contribution in [3.8, 4) is 0 Å². The lowest BCUT2D eigenvalue weighted by atomic mass is 9.81. The number of amides is 3. The van der Waals surface area contributed by atoms with Gasteiger partial charge in [-0.1, -0.05) is 30.8 Å². The molecule has 13 nitrogen and oxygen atoms in total. The van der Waals surface area contributed by atoms with E-state index in [1.54, 1.807) is 0 Å². The Labute approximate surface area is 357 Å². The molecular formula is C46H52F3N7O6. The molecule has 2 aliphatic heterocycles. The summed E-state index contributed by atoms with van der Waals surface area (Å²) in [5, 5.41) is 18.2. The zero-order chi connectivity index (χ0) is 43.5. The minimum absolute atomic E-state index is 0.0106. The number of aromatic nitrogens is 2. The minimum Gasteiger partial charge on any atom is -0.396 e. The maximum atomic E-state index is 13.6. The number of hydrogen-bond acceptors (Lipinski definition) is 10. The number of carbonyl (C=O) groups is 4. The molecule has 4 N–H and O–H groups in total. The molecule has 3 heterocycles. The first-order valence-electron chi connectivity index (χ1n) is 21.4. The number of carbonyl (C=O) groups excluding carboxylic acids is 4. The van der Waals surface area contributed by atoms with Crippen LogP contribution < -0.4 is 16.0 Å². The van der Waals surface area contributed by atoms with Crippen LogP contribution in [0.25, 0.3) is 16.6 Å². The monoisotopic (exact) mass is 855 g/mol. The first-order chi connectivity index (χ1) is 29.9. The number of anilines is 2. The van der Waals surface area contributed by atoms with Gasteiger partial charge in [-0.2, -0.15) is 13.2 Å². The molecule has 2 aliphatic carbocycles. The van der Waals surface area contributed by atoms with E-state index in [4.69, 9.17) is 9.72 Å². The summed E-state index contributed by atoms with van der Waals surface area (Å²) in [6.07, 6.45) is -0.848. The number of nitrogens with one attached hydrogen (secondary N) is 3. The lowest BCUT2D eigenvalue weighted by Crippen LogP contribution is -2.46. The molecule has 4 aliphatic rings. The quantitative estimate of drug-likeness (QED) is 0.0857. The number of ketones is 1. The number of piperazine rings is 1. The van der Waals surface area contributed by atoms with Gasteiger partial charge in [-0.3, -0.25) is 39.6 Å². The van der Waals surface area contributed by atoms with E-state index in [0.717, 1.165) is 87.2 Å². The van der Waals surface area contributed by atoms with Crippen LogP contribution >= 0.6 is 0 Å². The van der Waals surface area contributed by atoms with Crippen LogP contribution in [0.1, 0.15) is 82.0 Å². The van der Waals surface area contributed by atoms with E-state index in [1.807, 2.05) is 34.9 Å². The van der Waals surface area contributed by atoms with Gasteiger partial charge in [0.25, 0.3) is 5.91 Å². The maximum absolute atomic E-state index is 13.6. The van der Waals surface area contributed by atoms with Gasteiger partial charge in [-0.15, -0.1) is 0 Å². The minimum atomic E-state index is -4.58. The molecule has 1 saturated carbocycles. The number of aliphatic hydroxyl groups excluding tert-OH is 1. The third-order valence-electron chi connectivity index (χ3n) is 12.9. The summed E-state index contributed by atoms with van der Waals surface area (Å²) >= 11 is 0. The third-order valence-corrected chi connectivity index (χ3v) is 12.9. The highest BCUT2D eigenvalue weighted by Gasteiger charge is 2.45. The van der Waals surface area contributed by atoms with Crippen LogP contribution in [0.4, 0.5) is 24.8 Å². The van der Waals surface area contributed by atoms with Crippen molar-refractivity contribution in [2.75, 3.05) is 69.7 Å². The molecule has 3 fully saturated rings. The Hall–Kier alpha value is -5.42. The third kappa shape index (κ3) is 9.33. The number of imide groups is 1. The Morgan fingerprint density at radius 1 is 0.935 bits per heavy atom. The first kappa shape index (κ1) is 43.2. The Morgan fingerprint density at radius 3 is 2.44 bits per heavy atom. The summed E-state index contributed by atoms with van der Waals surface area (Å²) in [5.41, 5.74) is 4.15. The fraction of sp³-hybridized carbons (Fsp3) is 0.457. The molecule has 4 aromatic rings. The van der Waals surface area contributed by atoms with Crippen molar-refractivity contribution < 1.29 is 42.2 Å². The van der Waals surface area contributed by atoms with E-state index in [2.05, 4.69) is 38.4 Å². The van der Waals surface area contributed by atoms with E-state index >= 15 is 0 Å². The first-order valence-corrected chi connectivity index (χ1v) is 21.4. The number of nitrogens with zero attached hydrogens (tertiary/aromatic N) is 4. The van der Waals surface area contributed by atoms with Crippen LogP contribution in [0.3, 0.4) is 0 Å². The SMILES string of the molecule is C=C1c2cccc(NCCOCCN3CCN(Cc4ccc5c(c4)nc(NC(=O)c4cccc(C(F)(F)F)c4)n5C4CCC(CO)CC4)CC3)c2C(=O)C1C1CCC(=O)NC1=O. The molecule has 3 amide bonds. The average Bonchev–Trinajstić information content (AvgIpc) is 3.74. The highest BCUT2D eigenvalue weighted by molar-refractivity contribution is 6.19. The van der Waals surface area contributed by atoms with Gasteiger partial charge < -0.3 is 19.7 Å². The van der Waals surface area contributed by atoms with Crippen molar-refractivity contribution in [3.63, 3.8) is 0 Å². The number of aliphatic hydroxyl groups is 1. The van der Waals surface area contributed by atoms with Crippen molar-refractivity contribution in [1.29, 1.82) is 0 Å². The number of allylic oxidation sites excluding steroid dienone is 1. The number of rotatable bonds is 14. The molecule has 2 unspecified atom stereocenters. The van der Waals surface area contributed by atoms with Crippen molar-refractivity contribution >= 4 is 51.7 Å². The fourth-order valence-electron chi connectivity index (χ4n) is 9.45. The number of alkyl halides is 3. The van der Waals surface area contributed by atoms with Crippen LogP contribution in [0.2, 0.25) is 0 Å². The number of benzene rings is 3. The van der Waals surface area contributed by atoms with Crippen LogP contribution in [-0.4, -0.2) is 107 Å². The Balaban J connectivity index is 0.820. The highest BCUT2D eigenvalue weighted by Crippen LogP contribution is 2.45. The number of piperidine rings is 1. The molecule has 328 valence electrons. The lowest BCUT2D eigenvalue weighted by molar-refractivity contribution is -0.138. The van der Waals surface area contributed by atoms with Crippen LogP contribution in [-0.2, 0) is 27.0 Å². The summed E-state index contributed by atoms with van der Waals surface area (Å²) in [4.78, 5) is 60.7. The van der Waals surface area contributed by atoms with E-state index in [1.165, 1.54) is 12.1 Å². The van der Waals surface area contributed by atoms with Crippen molar-refractivity contribution in [3.05, 3.63) is 95.1 Å². The molecule has 0 spiro atoms. The molecule has 0 radical (unpaired) electrons. The smallest absolute Gasteiger partial charge is 0.396 e. The number of hydrogen-bond donors (Lipinski definition) is 4. The molecule has 1 aromatic heterocycles. The molecular weight excluding hydrogens is 804 g/mol. The van der Waals surface area contributed by atoms with Crippen molar-refractivity contribution in [1.82, 2.24) is 24.7 Å². The highest BCUT2D eigenvalue weighted by atomic mass is 19.4. The van der Waals surface area contributed by atoms with E-state index in [0.29, 0.717) is 61.0 Å². The standard InChI is InChI=1S/C46H52F3N7O6/c1-28-34-6-3-7-36(41(34)42(59)40(28)35-13-15-39(58)52-44(35)61)50-16-22-62-23-21-54-17-19-55(20-18-54)26-30-10-14-38-37(24-30)51-45(56(38)33-11-8-29(27-57)9-12-33)53-43(60)31-4-2-5-32(25-31)46(47,48)49/h2-7,10,14,24-25,29,33,35,40,50,57H,1,8-9,11-13,15-23,26-27H2,(H,51,53,60)(H,52,58,61). The summed E-state index contributed by atoms with van der Waals surface area (Å²) in [6, 6.07) is 16.0. The number of halogens is 3. The summed E-state index contributed by atoms with van der Waals surface area (Å²) in [7, 11) is 0. The molecule has 2 saturated heterocycles. The molecule has 16 heteroatoms. The Morgan fingerprint density at radius 2 is 1.69 bits per heavy atom. The van der Waals surface area contributed by atoms with Crippen LogP contribution in [0.15, 0.2) is 67.2 Å². The number of fused-ring (bicyclic) bond motifs is 2. The van der Waals surface area contributed by atoms with Gasteiger partial charge in [0, 0.05) is 81.7 Å². The van der Waals surface area contributed by atoms with Gasteiger partial charge in [0.1, 0.15) is 0 Å². The van der Waals surface area contributed by atoms with Crippen molar-refractivity contribution in [2.45, 2.75) is 57.3 Å². The largest absolute Gasteiger partial charge is 0.416 e. The predicted octanol–water partition coefficient (Wildman–Crippen LogP) is 6.16. The van der Waals surface area contributed by atoms with Crippen LogP contribution in [0, 0.1) is 17.8 Å². The zero-order valence-electron chi connectivity index (χ0n) is 34.5. The van der Waals surface area contributed by atoms with Gasteiger partial charge in [0.2, 0.25) is 17.8 Å². The molecule has 3 aromatic carbocycles. The maximum Gasteiger partial charge on any atom is 0.416 e. The predicted molar refractivity (Wildman–Crippen MR) is 227 cm³/mol. The Kier molecular flexibility index (Phi) is 12.9. The zero-order valence-corrected chi connectivity index (χ0v) is 34.5. The summed E-state index contributed by atoms with van der Waals surface area (Å²) < 4.78 is 48.2. The van der Waals surface area contributed by atoms with Gasteiger partial charge in [-0.05, 0) is 91.1 Å². The number of imidazole rings is 1. The lowest BCUT2D eigenvalue weighted by Gasteiger charge is -2.34. The van der Waals surface area contributed by atoms with E-state index in [-0.39, 0.29) is 42.2 Å². The topological polar surface area (TPSA) is 158 Å². The van der Waals surface area contributed by atoms with Gasteiger partial charge in [-0.25, -0.2) is 4.98 Å². The van der Waals surface area contributed by atoms with E-state index in [9.17, 15) is 37.5 Å².